The summed E-state index contributed by atoms with van der Waals surface area (Å²) in [5.74, 6) is 0. The second kappa shape index (κ2) is 7.72. The summed E-state index contributed by atoms with van der Waals surface area (Å²) in [6, 6.07) is 20.2. The Kier molecular flexibility index (Phi) is 4.97. The second-order valence-corrected chi connectivity index (χ2v) is 7.20. The third-order valence-electron chi connectivity index (χ3n) is 4.76. The highest BCUT2D eigenvalue weighted by Gasteiger charge is 2.10. The van der Waals surface area contributed by atoms with Crippen molar-refractivity contribution in [2.24, 2.45) is 0 Å². The van der Waals surface area contributed by atoms with E-state index in [0.717, 1.165) is 27.6 Å². The Hall–Kier alpha value is -3.35. The lowest BCUT2D eigenvalue weighted by Gasteiger charge is -2.05. The van der Waals surface area contributed by atoms with E-state index in [9.17, 15) is 5.26 Å². The van der Waals surface area contributed by atoms with E-state index in [4.69, 9.17) is 11.6 Å². The van der Waals surface area contributed by atoms with E-state index in [1.807, 2.05) is 67.6 Å². The first-order chi connectivity index (χ1) is 13.6. The van der Waals surface area contributed by atoms with Crippen LogP contribution in [0.15, 0.2) is 73.2 Å². The molecule has 2 aromatic carbocycles. The van der Waals surface area contributed by atoms with Gasteiger partial charge in [0.25, 0.3) is 0 Å². The molecule has 0 amide bonds. The van der Waals surface area contributed by atoms with E-state index < -0.39 is 0 Å². The van der Waals surface area contributed by atoms with Crippen LogP contribution in [0.25, 0.3) is 22.6 Å². The fourth-order valence-corrected chi connectivity index (χ4v) is 3.46. The molecule has 0 N–H and O–H groups in total. The van der Waals surface area contributed by atoms with Crippen molar-refractivity contribution in [1.29, 1.82) is 5.26 Å². The number of hydrogen-bond acceptors (Lipinski definition) is 2. The van der Waals surface area contributed by atoms with E-state index >= 15 is 0 Å². The Balaban J connectivity index is 1.83. The molecule has 0 bridgehead atoms. The van der Waals surface area contributed by atoms with Crippen LogP contribution in [0, 0.1) is 18.3 Å². The second-order valence-electron chi connectivity index (χ2n) is 6.77. The van der Waals surface area contributed by atoms with Gasteiger partial charge < -0.3 is 4.57 Å². The van der Waals surface area contributed by atoms with Crippen LogP contribution in [-0.2, 0) is 6.54 Å². The van der Waals surface area contributed by atoms with Gasteiger partial charge in [0.05, 0.1) is 17.2 Å². The first-order valence-electron chi connectivity index (χ1n) is 9.00. The molecule has 0 spiro atoms. The van der Waals surface area contributed by atoms with Crippen LogP contribution in [-0.4, -0.2) is 9.55 Å². The quantitative estimate of drug-likeness (QED) is 0.399. The first kappa shape index (κ1) is 18.0. The summed E-state index contributed by atoms with van der Waals surface area (Å²) < 4.78 is 2.16. The zero-order valence-corrected chi connectivity index (χ0v) is 16.2. The average molecular weight is 384 g/mol. The number of nitriles is 1. The SMILES string of the molecule is Cc1ccc(/C(C#N)=C/c2cn(Cc3ccncc3)c3cc(Cl)ccc23)cc1. The van der Waals surface area contributed by atoms with Crippen LogP contribution in [0.5, 0.6) is 0 Å². The van der Waals surface area contributed by atoms with Crippen molar-refractivity contribution in [2.75, 3.05) is 0 Å². The van der Waals surface area contributed by atoms with Gasteiger partial charge in [-0.15, -0.1) is 0 Å². The molecule has 4 heteroatoms. The highest BCUT2D eigenvalue weighted by atomic mass is 35.5. The van der Waals surface area contributed by atoms with Gasteiger partial charge in [-0.2, -0.15) is 5.26 Å². The van der Waals surface area contributed by atoms with Crippen LogP contribution < -0.4 is 0 Å². The predicted molar refractivity (Wildman–Crippen MR) is 115 cm³/mol. The minimum Gasteiger partial charge on any atom is -0.342 e. The van der Waals surface area contributed by atoms with Crippen LogP contribution >= 0.6 is 11.6 Å². The van der Waals surface area contributed by atoms with E-state index in [1.165, 1.54) is 5.56 Å². The topological polar surface area (TPSA) is 41.6 Å². The number of benzene rings is 2. The Morgan fingerprint density at radius 2 is 1.86 bits per heavy atom. The number of nitrogens with zero attached hydrogens (tertiary/aromatic N) is 3. The largest absolute Gasteiger partial charge is 0.342 e. The lowest BCUT2D eigenvalue weighted by Crippen LogP contribution is -1.97. The van der Waals surface area contributed by atoms with Crippen molar-refractivity contribution in [2.45, 2.75) is 13.5 Å². The Labute approximate surface area is 169 Å². The molecule has 4 rings (SSSR count). The third-order valence-corrected chi connectivity index (χ3v) is 5.00. The molecule has 28 heavy (non-hydrogen) atoms. The summed E-state index contributed by atoms with van der Waals surface area (Å²) in [4.78, 5) is 4.08. The molecule has 2 heterocycles. The number of aryl methyl sites for hydroxylation is 1. The summed E-state index contributed by atoms with van der Waals surface area (Å²) in [7, 11) is 0. The Morgan fingerprint density at radius 1 is 1.11 bits per heavy atom. The van der Waals surface area contributed by atoms with E-state index in [1.54, 1.807) is 12.4 Å². The molecule has 0 saturated heterocycles. The lowest BCUT2D eigenvalue weighted by molar-refractivity contribution is 0.834. The van der Waals surface area contributed by atoms with Gasteiger partial charge in [0, 0.05) is 41.1 Å². The van der Waals surface area contributed by atoms with E-state index in [2.05, 4.69) is 21.8 Å². The fourth-order valence-electron chi connectivity index (χ4n) is 3.29. The number of hydrogen-bond donors (Lipinski definition) is 0. The normalized spacial score (nSPS) is 11.5. The highest BCUT2D eigenvalue weighted by Crippen LogP contribution is 2.29. The predicted octanol–water partition coefficient (Wildman–Crippen LogP) is 6.11. The molecule has 0 saturated carbocycles. The highest BCUT2D eigenvalue weighted by molar-refractivity contribution is 6.31. The van der Waals surface area contributed by atoms with Crippen molar-refractivity contribution in [3.63, 3.8) is 0 Å². The van der Waals surface area contributed by atoms with Crippen molar-refractivity contribution >= 4 is 34.2 Å². The van der Waals surface area contributed by atoms with Crippen molar-refractivity contribution < 1.29 is 0 Å². The zero-order valence-electron chi connectivity index (χ0n) is 15.4. The van der Waals surface area contributed by atoms with Crippen LogP contribution in [0.1, 0.15) is 22.3 Å². The molecule has 0 aliphatic heterocycles. The minimum absolute atomic E-state index is 0.637. The maximum atomic E-state index is 9.72. The summed E-state index contributed by atoms with van der Waals surface area (Å²) in [6.07, 6.45) is 7.61. The first-order valence-corrected chi connectivity index (χ1v) is 9.38. The number of rotatable bonds is 4. The van der Waals surface area contributed by atoms with Gasteiger partial charge in [-0.3, -0.25) is 4.98 Å². The number of aromatic nitrogens is 2. The molecular formula is C24H18ClN3. The smallest absolute Gasteiger partial charge is 0.0998 e. The monoisotopic (exact) mass is 383 g/mol. The number of pyridine rings is 1. The molecule has 0 aliphatic carbocycles. The van der Waals surface area contributed by atoms with Gasteiger partial charge in [0.2, 0.25) is 0 Å². The van der Waals surface area contributed by atoms with E-state index in [-0.39, 0.29) is 0 Å². The third kappa shape index (κ3) is 3.69. The fraction of sp³-hybridized carbons (Fsp3) is 0.0833. The number of halogens is 1. The summed E-state index contributed by atoms with van der Waals surface area (Å²) in [5.41, 5.74) is 5.91. The van der Waals surface area contributed by atoms with Gasteiger partial charge in [0.15, 0.2) is 0 Å². The Morgan fingerprint density at radius 3 is 2.57 bits per heavy atom. The van der Waals surface area contributed by atoms with Gasteiger partial charge in [-0.05, 0) is 48.4 Å². The van der Waals surface area contributed by atoms with Crippen LogP contribution in [0.4, 0.5) is 0 Å². The molecule has 2 aromatic heterocycles. The molecular weight excluding hydrogens is 366 g/mol. The molecule has 4 aromatic rings. The summed E-state index contributed by atoms with van der Waals surface area (Å²) in [5, 5.41) is 11.5. The molecule has 0 atom stereocenters. The molecule has 0 radical (unpaired) electrons. The van der Waals surface area contributed by atoms with Gasteiger partial charge in [0.1, 0.15) is 0 Å². The molecule has 3 nitrogen and oxygen atoms in total. The minimum atomic E-state index is 0.637. The summed E-state index contributed by atoms with van der Waals surface area (Å²) >= 11 is 6.26. The summed E-state index contributed by atoms with van der Waals surface area (Å²) in [6.45, 7) is 2.75. The number of allylic oxidation sites excluding steroid dienone is 1. The molecule has 0 aliphatic rings. The van der Waals surface area contributed by atoms with Crippen LogP contribution in [0.2, 0.25) is 5.02 Å². The van der Waals surface area contributed by atoms with Crippen LogP contribution in [0.3, 0.4) is 0 Å². The van der Waals surface area contributed by atoms with Crippen molar-refractivity contribution in [1.82, 2.24) is 9.55 Å². The maximum absolute atomic E-state index is 9.72. The lowest BCUT2D eigenvalue weighted by atomic mass is 10.0. The maximum Gasteiger partial charge on any atom is 0.0998 e. The van der Waals surface area contributed by atoms with Gasteiger partial charge in [-0.1, -0.05) is 47.5 Å². The van der Waals surface area contributed by atoms with Crippen molar-refractivity contribution in [3.8, 4) is 6.07 Å². The Bertz CT molecular complexity index is 1200. The zero-order chi connectivity index (χ0) is 19.5. The number of fused-ring (bicyclic) bond motifs is 1. The van der Waals surface area contributed by atoms with E-state index in [0.29, 0.717) is 17.1 Å². The molecule has 0 unspecified atom stereocenters. The average Bonchev–Trinajstić information content (AvgIpc) is 3.04. The standard InChI is InChI=1S/C24H18ClN3/c1-17-2-4-19(5-3-17)20(14-26)12-21-16-28(15-18-8-10-27-11-9-18)24-13-22(25)6-7-23(21)24/h2-13,16H,15H2,1H3/b20-12+. The molecule has 136 valence electrons. The molecule has 0 fully saturated rings. The van der Waals surface area contributed by atoms with Gasteiger partial charge in [-0.25, -0.2) is 0 Å². The van der Waals surface area contributed by atoms with Crippen molar-refractivity contribution in [3.05, 3.63) is 100 Å². The van der Waals surface area contributed by atoms with Gasteiger partial charge >= 0.3 is 0 Å².